The minimum Gasteiger partial charge on any atom is -0.327 e. The molecule has 1 amide bonds. The van der Waals surface area contributed by atoms with Crippen LogP contribution < -0.4 is 0 Å². The van der Waals surface area contributed by atoms with Gasteiger partial charge >= 0.3 is 0 Å². The molecule has 0 aromatic carbocycles. The maximum absolute atomic E-state index is 11.8. The smallest absolute Gasteiger partial charge is 0.286 e. The van der Waals surface area contributed by atoms with E-state index >= 15 is 0 Å². The summed E-state index contributed by atoms with van der Waals surface area (Å²) in [7, 11) is -2.78. The van der Waals surface area contributed by atoms with Gasteiger partial charge in [0, 0.05) is 13.5 Å². The normalized spacial score (nSPS) is 13.0. The summed E-state index contributed by atoms with van der Waals surface area (Å²) in [6, 6.07) is 0. The maximum atomic E-state index is 11.8. The van der Waals surface area contributed by atoms with E-state index in [1.807, 2.05) is 0 Å². The van der Waals surface area contributed by atoms with Crippen LogP contribution in [0.1, 0.15) is 90.9 Å². The predicted molar refractivity (Wildman–Crippen MR) is 94.9 cm³/mol. The Balaban J connectivity index is 3.56. The van der Waals surface area contributed by atoms with Crippen molar-refractivity contribution in [2.24, 2.45) is 0 Å². The van der Waals surface area contributed by atoms with Crippen LogP contribution in [0.3, 0.4) is 0 Å². The molecule has 0 aliphatic rings. The molecule has 0 spiro atoms. The quantitative estimate of drug-likeness (QED) is 0.373. The fourth-order valence-electron chi connectivity index (χ4n) is 2.52. The Morgan fingerprint density at radius 2 is 1.30 bits per heavy atom. The molecule has 5 nitrogen and oxygen atoms in total. The summed E-state index contributed by atoms with van der Waals surface area (Å²) in [6.07, 6.45) is 13.7. The second kappa shape index (κ2) is 12.8. The van der Waals surface area contributed by atoms with Gasteiger partial charge in [0.15, 0.2) is 5.37 Å². The minimum absolute atomic E-state index is 0.231. The van der Waals surface area contributed by atoms with Crippen LogP contribution in [-0.4, -0.2) is 36.2 Å². The molecule has 138 valence electrons. The number of nitrogens with zero attached hydrogens (tertiary/aromatic N) is 1. The third-order valence-corrected chi connectivity index (χ3v) is 5.54. The molecule has 0 heterocycles. The Morgan fingerprint density at radius 3 is 1.70 bits per heavy atom. The highest BCUT2D eigenvalue weighted by Gasteiger charge is 2.25. The van der Waals surface area contributed by atoms with Crippen LogP contribution in [0.15, 0.2) is 0 Å². The zero-order valence-electron chi connectivity index (χ0n) is 15.1. The standard InChI is InChI=1S/C17H35NO4S/c1-4-5-6-7-8-9-10-11-12-13-14-15-17(19)18(3)16(2)23(20,21)22/h16H,4-15H2,1-3H3,(H,20,21,22). The fraction of sp³-hybridized carbons (Fsp3) is 0.941. The van der Waals surface area contributed by atoms with Crippen molar-refractivity contribution in [2.75, 3.05) is 7.05 Å². The van der Waals surface area contributed by atoms with Crippen LogP contribution in [0.25, 0.3) is 0 Å². The van der Waals surface area contributed by atoms with Crippen LogP contribution in [0.5, 0.6) is 0 Å². The molecule has 1 unspecified atom stereocenters. The van der Waals surface area contributed by atoms with E-state index in [1.54, 1.807) is 0 Å². The highest BCUT2D eigenvalue weighted by Crippen LogP contribution is 2.13. The molecular weight excluding hydrogens is 314 g/mol. The van der Waals surface area contributed by atoms with E-state index in [-0.39, 0.29) is 5.91 Å². The van der Waals surface area contributed by atoms with Gasteiger partial charge in [-0.2, -0.15) is 8.42 Å². The van der Waals surface area contributed by atoms with Gasteiger partial charge in [-0.1, -0.05) is 71.1 Å². The van der Waals surface area contributed by atoms with Gasteiger partial charge in [0.05, 0.1) is 0 Å². The van der Waals surface area contributed by atoms with E-state index in [1.165, 1.54) is 65.3 Å². The zero-order chi connectivity index (χ0) is 17.7. The van der Waals surface area contributed by atoms with Crippen molar-refractivity contribution >= 4 is 16.0 Å². The minimum atomic E-state index is -4.20. The molecule has 0 fully saturated rings. The average molecular weight is 350 g/mol. The van der Waals surface area contributed by atoms with E-state index in [2.05, 4.69) is 6.92 Å². The highest BCUT2D eigenvalue weighted by atomic mass is 32.2. The molecule has 0 saturated carbocycles. The molecule has 0 aliphatic carbocycles. The maximum Gasteiger partial charge on any atom is 0.286 e. The summed E-state index contributed by atoms with van der Waals surface area (Å²) in [5.74, 6) is -0.231. The van der Waals surface area contributed by atoms with Crippen LogP contribution in [0.2, 0.25) is 0 Å². The van der Waals surface area contributed by atoms with E-state index in [0.29, 0.717) is 6.42 Å². The first kappa shape index (κ1) is 22.4. The molecule has 1 atom stereocenters. The lowest BCUT2D eigenvalue weighted by Crippen LogP contribution is -2.39. The Bertz CT molecular complexity index is 409. The van der Waals surface area contributed by atoms with Gasteiger partial charge in [-0.25, -0.2) is 0 Å². The second-order valence-electron chi connectivity index (χ2n) is 6.40. The number of rotatable bonds is 14. The van der Waals surface area contributed by atoms with Gasteiger partial charge in [0.1, 0.15) is 0 Å². The third kappa shape index (κ3) is 11.5. The Labute approximate surface area is 142 Å². The van der Waals surface area contributed by atoms with Crippen molar-refractivity contribution in [2.45, 2.75) is 96.3 Å². The second-order valence-corrected chi connectivity index (χ2v) is 8.12. The lowest BCUT2D eigenvalue weighted by molar-refractivity contribution is -0.130. The van der Waals surface area contributed by atoms with Gasteiger partial charge in [-0.05, 0) is 13.3 Å². The van der Waals surface area contributed by atoms with Crippen molar-refractivity contribution in [3.63, 3.8) is 0 Å². The summed E-state index contributed by atoms with van der Waals surface area (Å²) in [5.41, 5.74) is 0. The topological polar surface area (TPSA) is 74.7 Å². The average Bonchev–Trinajstić information content (AvgIpc) is 2.50. The van der Waals surface area contributed by atoms with E-state index in [4.69, 9.17) is 4.55 Å². The molecular formula is C17H35NO4S. The van der Waals surface area contributed by atoms with Crippen LogP contribution in [0.4, 0.5) is 0 Å². The molecule has 0 saturated heterocycles. The molecule has 1 N–H and O–H groups in total. The first-order valence-corrected chi connectivity index (χ1v) is 10.5. The largest absolute Gasteiger partial charge is 0.327 e. The molecule has 0 aliphatic heterocycles. The number of hydrogen-bond acceptors (Lipinski definition) is 3. The number of hydrogen-bond donors (Lipinski definition) is 1. The van der Waals surface area contributed by atoms with Gasteiger partial charge < -0.3 is 4.90 Å². The van der Waals surface area contributed by atoms with Gasteiger partial charge in [0.2, 0.25) is 5.91 Å². The molecule has 6 heteroatoms. The van der Waals surface area contributed by atoms with Gasteiger partial charge in [0.25, 0.3) is 10.1 Å². The van der Waals surface area contributed by atoms with Crippen molar-refractivity contribution in [1.29, 1.82) is 0 Å². The van der Waals surface area contributed by atoms with Crippen molar-refractivity contribution < 1.29 is 17.8 Å². The Morgan fingerprint density at radius 1 is 0.913 bits per heavy atom. The summed E-state index contributed by atoms with van der Waals surface area (Å²) >= 11 is 0. The van der Waals surface area contributed by atoms with Crippen molar-refractivity contribution in [1.82, 2.24) is 4.90 Å². The number of carbonyl (C=O) groups is 1. The molecule has 0 aromatic heterocycles. The fourth-order valence-corrected chi connectivity index (χ4v) is 3.04. The lowest BCUT2D eigenvalue weighted by atomic mass is 10.1. The van der Waals surface area contributed by atoms with Gasteiger partial charge in [-0.15, -0.1) is 0 Å². The predicted octanol–water partition coefficient (Wildman–Crippen LogP) is 4.38. The SMILES string of the molecule is CCCCCCCCCCCCCC(=O)N(C)C(C)S(=O)(=O)O. The monoisotopic (exact) mass is 349 g/mol. The molecule has 0 radical (unpaired) electrons. The summed E-state index contributed by atoms with van der Waals surface area (Å²) < 4.78 is 30.9. The molecule has 23 heavy (non-hydrogen) atoms. The lowest BCUT2D eigenvalue weighted by Gasteiger charge is -2.22. The van der Waals surface area contributed by atoms with E-state index < -0.39 is 15.5 Å². The third-order valence-electron chi connectivity index (χ3n) is 4.36. The van der Waals surface area contributed by atoms with Crippen molar-refractivity contribution in [3.8, 4) is 0 Å². The Hall–Kier alpha value is -0.620. The van der Waals surface area contributed by atoms with Crippen LogP contribution in [0, 0.1) is 0 Å². The first-order valence-electron chi connectivity index (χ1n) is 9.02. The molecule has 0 bridgehead atoms. The highest BCUT2D eigenvalue weighted by molar-refractivity contribution is 7.86. The summed E-state index contributed by atoms with van der Waals surface area (Å²) in [6.45, 7) is 3.54. The summed E-state index contributed by atoms with van der Waals surface area (Å²) in [5, 5.41) is -1.18. The number of amides is 1. The molecule has 0 rings (SSSR count). The van der Waals surface area contributed by atoms with E-state index in [0.717, 1.165) is 24.2 Å². The number of unbranched alkanes of at least 4 members (excludes halogenated alkanes) is 10. The number of carbonyl (C=O) groups excluding carboxylic acids is 1. The zero-order valence-corrected chi connectivity index (χ0v) is 15.9. The van der Waals surface area contributed by atoms with E-state index in [9.17, 15) is 13.2 Å². The molecule has 0 aromatic rings. The van der Waals surface area contributed by atoms with Crippen molar-refractivity contribution in [3.05, 3.63) is 0 Å². The van der Waals surface area contributed by atoms with Crippen LogP contribution >= 0.6 is 0 Å². The van der Waals surface area contributed by atoms with Crippen LogP contribution in [-0.2, 0) is 14.9 Å². The summed E-state index contributed by atoms with van der Waals surface area (Å²) in [4.78, 5) is 12.9. The first-order chi connectivity index (χ1) is 10.8. The van der Waals surface area contributed by atoms with Gasteiger partial charge in [-0.3, -0.25) is 9.35 Å². The Kier molecular flexibility index (Phi) is 12.4.